The topological polar surface area (TPSA) is 52.0 Å². The third kappa shape index (κ3) is 2.59. The number of ether oxygens (including phenoxy) is 1. The lowest BCUT2D eigenvalue weighted by Gasteiger charge is -2.38. The summed E-state index contributed by atoms with van der Waals surface area (Å²) in [5, 5.41) is 10.4. The van der Waals surface area contributed by atoms with Crippen molar-refractivity contribution in [3.63, 3.8) is 0 Å². The van der Waals surface area contributed by atoms with Gasteiger partial charge >= 0.3 is 0 Å². The Kier molecular flexibility index (Phi) is 3.94. The van der Waals surface area contributed by atoms with Gasteiger partial charge in [0.15, 0.2) is 6.10 Å². The monoisotopic (exact) mass is 436 g/mol. The van der Waals surface area contributed by atoms with Crippen molar-refractivity contribution >= 4 is 34.6 Å². The fourth-order valence-electron chi connectivity index (χ4n) is 4.11. The second-order valence-corrected chi connectivity index (χ2v) is 8.48. The van der Waals surface area contributed by atoms with Gasteiger partial charge in [-0.15, -0.1) is 11.3 Å². The lowest BCUT2D eigenvalue weighted by Crippen LogP contribution is -2.32. The largest absolute Gasteiger partial charge is 0.480 e. The van der Waals surface area contributed by atoms with E-state index in [1.54, 1.807) is 29.5 Å². The van der Waals surface area contributed by atoms with E-state index in [2.05, 4.69) is 15.4 Å². The van der Waals surface area contributed by atoms with E-state index in [4.69, 9.17) is 16.3 Å². The van der Waals surface area contributed by atoms with Gasteiger partial charge in [-0.05, 0) is 35.7 Å². The van der Waals surface area contributed by atoms with Crippen LogP contribution in [0.3, 0.4) is 0 Å². The molecule has 0 amide bonds. The van der Waals surface area contributed by atoms with E-state index in [0.717, 1.165) is 21.7 Å². The highest BCUT2D eigenvalue weighted by Gasteiger charge is 2.42. The molecular formula is C22H14ClFN4OS. The first-order valence-electron chi connectivity index (χ1n) is 9.35. The van der Waals surface area contributed by atoms with Crippen LogP contribution in [0.5, 0.6) is 5.75 Å². The Bertz CT molecular complexity index is 1300. The second-order valence-electron chi connectivity index (χ2n) is 7.06. The number of fused-ring (bicyclic) bond motifs is 3. The average molecular weight is 437 g/mol. The fraction of sp³-hybridized carbons (Fsp3) is 0.0909. The molecule has 0 unspecified atom stereocenters. The Morgan fingerprint density at radius 2 is 2.03 bits per heavy atom. The first kappa shape index (κ1) is 17.7. The van der Waals surface area contributed by atoms with E-state index in [0.29, 0.717) is 22.3 Å². The Hall–Kier alpha value is -3.16. The summed E-state index contributed by atoms with van der Waals surface area (Å²) in [4.78, 5) is 5.44. The van der Waals surface area contributed by atoms with Crippen molar-refractivity contribution < 1.29 is 9.13 Å². The molecule has 0 fully saturated rings. The maximum atomic E-state index is 14.9. The summed E-state index contributed by atoms with van der Waals surface area (Å²) in [7, 11) is 0. The van der Waals surface area contributed by atoms with Crippen molar-refractivity contribution in [2.75, 3.05) is 5.32 Å². The van der Waals surface area contributed by atoms with Crippen LogP contribution in [-0.4, -0.2) is 14.8 Å². The molecule has 8 heteroatoms. The highest BCUT2D eigenvalue weighted by atomic mass is 35.5. The number of halogens is 2. The summed E-state index contributed by atoms with van der Waals surface area (Å²) in [6.07, 6.45) is 0.881. The van der Waals surface area contributed by atoms with Gasteiger partial charge in [0.1, 0.15) is 23.9 Å². The number of thiophene rings is 1. The fourth-order valence-corrected chi connectivity index (χ4v) is 5.11. The van der Waals surface area contributed by atoms with Crippen molar-refractivity contribution in [1.29, 1.82) is 0 Å². The first-order chi connectivity index (χ1) is 14.7. The molecule has 0 spiro atoms. The van der Waals surface area contributed by atoms with Gasteiger partial charge in [0, 0.05) is 26.6 Å². The standard InChI is InChI=1S/C22H14ClFN4OS/c23-12-7-8-16-14(10-12)19-18(21(29-16)13-4-1-2-5-15(13)24)20(17-6-3-9-30-17)28-22(27-19)25-11-26-28/h1-11,20-21H,(H,25,26,27)/t20-,21-/m1/s1. The van der Waals surface area contributed by atoms with Gasteiger partial charge in [-0.2, -0.15) is 10.1 Å². The molecule has 2 aromatic carbocycles. The lowest BCUT2D eigenvalue weighted by molar-refractivity contribution is 0.218. The highest BCUT2D eigenvalue weighted by Crippen LogP contribution is 2.51. The molecule has 0 aliphatic carbocycles. The molecule has 2 aromatic heterocycles. The first-order valence-corrected chi connectivity index (χ1v) is 10.6. The molecular weight excluding hydrogens is 423 g/mol. The number of benzene rings is 2. The quantitative estimate of drug-likeness (QED) is 0.438. The van der Waals surface area contributed by atoms with Crippen molar-refractivity contribution in [2.45, 2.75) is 12.1 Å². The van der Waals surface area contributed by atoms with Crippen LogP contribution in [0.4, 0.5) is 10.3 Å². The summed E-state index contributed by atoms with van der Waals surface area (Å²) in [6.45, 7) is 0. The van der Waals surface area contributed by atoms with Crippen LogP contribution in [0.15, 0.2) is 71.9 Å². The van der Waals surface area contributed by atoms with E-state index >= 15 is 0 Å². The number of nitrogens with one attached hydrogen (secondary N) is 1. The molecule has 0 saturated heterocycles. The molecule has 0 bridgehead atoms. The minimum atomic E-state index is -0.633. The molecule has 5 nitrogen and oxygen atoms in total. The number of rotatable bonds is 2. The molecule has 2 aliphatic heterocycles. The number of nitrogens with zero attached hydrogens (tertiary/aromatic N) is 3. The van der Waals surface area contributed by atoms with Crippen LogP contribution >= 0.6 is 22.9 Å². The van der Waals surface area contributed by atoms with Crippen LogP contribution in [-0.2, 0) is 0 Å². The third-order valence-corrected chi connectivity index (χ3v) is 6.54. The smallest absolute Gasteiger partial charge is 0.226 e. The van der Waals surface area contributed by atoms with Gasteiger partial charge < -0.3 is 10.1 Å². The third-order valence-electron chi connectivity index (χ3n) is 5.38. The van der Waals surface area contributed by atoms with Gasteiger partial charge in [-0.25, -0.2) is 9.07 Å². The van der Waals surface area contributed by atoms with E-state index in [1.165, 1.54) is 12.4 Å². The van der Waals surface area contributed by atoms with Gasteiger partial charge in [0.05, 0.1) is 5.70 Å². The van der Waals surface area contributed by atoms with Crippen LogP contribution in [0, 0.1) is 5.82 Å². The molecule has 148 valence electrons. The molecule has 6 rings (SSSR count). The summed E-state index contributed by atoms with van der Waals surface area (Å²) in [5.41, 5.74) is 2.99. The Morgan fingerprint density at radius 3 is 2.87 bits per heavy atom. The molecule has 0 radical (unpaired) electrons. The van der Waals surface area contributed by atoms with Crippen LogP contribution in [0.2, 0.25) is 5.02 Å². The maximum absolute atomic E-state index is 14.9. The van der Waals surface area contributed by atoms with Crippen molar-refractivity contribution in [1.82, 2.24) is 14.8 Å². The van der Waals surface area contributed by atoms with Crippen molar-refractivity contribution in [3.05, 3.63) is 98.7 Å². The Morgan fingerprint density at radius 1 is 1.13 bits per heavy atom. The Labute approximate surface area is 180 Å². The van der Waals surface area contributed by atoms with Gasteiger partial charge in [0.25, 0.3) is 0 Å². The molecule has 4 heterocycles. The zero-order chi connectivity index (χ0) is 20.2. The van der Waals surface area contributed by atoms with Crippen LogP contribution in [0.25, 0.3) is 5.70 Å². The van der Waals surface area contributed by atoms with Gasteiger partial charge in [-0.3, -0.25) is 0 Å². The summed E-state index contributed by atoms with van der Waals surface area (Å²) < 4.78 is 23.1. The van der Waals surface area contributed by atoms with Gasteiger partial charge in [-0.1, -0.05) is 35.9 Å². The summed E-state index contributed by atoms with van der Waals surface area (Å²) in [6, 6.07) is 15.9. The van der Waals surface area contributed by atoms with Crippen molar-refractivity contribution in [2.24, 2.45) is 0 Å². The molecule has 1 N–H and O–H groups in total. The van der Waals surface area contributed by atoms with Crippen LogP contribution < -0.4 is 10.1 Å². The van der Waals surface area contributed by atoms with E-state index < -0.39 is 6.10 Å². The molecule has 0 saturated carbocycles. The summed E-state index contributed by atoms with van der Waals surface area (Å²) >= 11 is 7.92. The second kappa shape index (κ2) is 6.68. The molecule has 2 aliphatic rings. The summed E-state index contributed by atoms with van der Waals surface area (Å²) in [5.74, 6) is 0.935. The van der Waals surface area contributed by atoms with E-state index in [-0.39, 0.29) is 11.9 Å². The SMILES string of the molecule is Fc1ccccc1[C@H]1Oc2ccc(Cl)cc2C2=C1[C@@H](c1cccs1)n1ncnc1N2. The number of hydrogen-bond acceptors (Lipinski definition) is 5. The van der Waals surface area contributed by atoms with Crippen LogP contribution in [0.1, 0.15) is 28.1 Å². The predicted octanol–water partition coefficient (Wildman–Crippen LogP) is 5.69. The average Bonchev–Trinajstić information content (AvgIpc) is 3.44. The minimum absolute atomic E-state index is 0.282. The van der Waals surface area contributed by atoms with E-state index in [1.807, 2.05) is 40.4 Å². The molecule has 30 heavy (non-hydrogen) atoms. The van der Waals surface area contributed by atoms with E-state index in [9.17, 15) is 4.39 Å². The molecule has 2 atom stereocenters. The Balaban J connectivity index is 1.66. The maximum Gasteiger partial charge on any atom is 0.226 e. The molecule has 4 aromatic rings. The lowest BCUT2D eigenvalue weighted by atomic mass is 9.87. The zero-order valence-electron chi connectivity index (χ0n) is 15.4. The normalized spacial score (nSPS) is 19.4. The predicted molar refractivity (Wildman–Crippen MR) is 114 cm³/mol. The highest BCUT2D eigenvalue weighted by molar-refractivity contribution is 7.10. The number of hydrogen-bond donors (Lipinski definition) is 1. The zero-order valence-corrected chi connectivity index (χ0v) is 17.0. The number of anilines is 1. The number of aromatic nitrogens is 3. The van der Waals surface area contributed by atoms with Crippen molar-refractivity contribution in [3.8, 4) is 5.75 Å². The van der Waals surface area contributed by atoms with Gasteiger partial charge in [0.2, 0.25) is 5.95 Å². The minimum Gasteiger partial charge on any atom is -0.480 e.